The summed E-state index contributed by atoms with van der Waals surface area (Å²) in [5.41, 5.74) is 0.778. The van der Waals surface area contributed by atoms with Gasteiger partial charge in [-0.25, -0.2) is 4.79 Å². The fraction of sp³-hybridized carbons (Fsp3) is 0.650. The van der Waals surface area contributed by atoms with E-state index in [0.717, 1.165) is 76.5 Å². The van der Waals surface area contributed by atoms with Crippen molar-refractivity contribution >= 4 is 11.7 Å². The van der Waals surface area contributed by atoms with E-state index < -0.39 is 0 Å². The third kappa shape index (κ3) is 7.62. The highest BCUT2D eigenvalue weighted by Crippen LogP contribution is 2.17. The third-order valence-electron chi connectivity index (χ3n) is 4.75. The number of carbonyl (C=O) groups is 1. The van der Waals surface area contributed by atoms with Gasteiger partial charge in [0.2, 0.25) is 0 Å². The summed E-state index contributed by atoms with van der Waals surface area (Å²) < 4.78 is 10.8. The third-order valence-corrected chi connectivity index (χ3v) is 4.75. The van der Waals surface area contributed by atoms with Gasteiger partial charge in [-0.1, -0.05) is 13.3 Å². The van der Waals surface area contributed by atoms with E-state index in [2.05, 4.69) is 22.5 Å². The zero-order chi connectivity index (χ0) is 18.6. The van der Waals surface area contributed by atoms with E-state index >= 15 is 0 Å². The average molecular weight is 364 g/mol. The molecule has 1 saturated heterocycles. The van der Waals surface area contributed by atoms with Crippen molar-refractivity contribution in [1.82, 2.24) is 10.2 Å². The first kappa shape index (κ1) is 20.5. The summed E-state index contributed by atoms with van der Waals surface area (Å²) in [6.07, 6.45) is 4.40. The zero-order valence-electron chi connectivity index (χ0n) is 16.1. The van der Waals surface area contributed by atoms with Crippen LogP contribution < -0.4 is 15.4 Å². The fourth-order valence-electron chi connectivity index (χ4n) is 3.02. The first-order valence-electron chi connectivity index (χ1n) is 9.70. The van der Waals surface area contributed by atoms with Crippen LogP contribution in [0.3, 0.4) is 0 Å². The van der Waals surface area contributed by atoms with Gasteiger partial charge < -0.3 is 25.0 Å². The van der Waals surface area contributed by atoms with E-state index in [1.807, 2.05) is 24.3 Å². The average Bonchev–Trinajstić information content (AvgIpc) is 2.67. The summed E-state index contributed by atoms with van der Waals surface area (Å²) in [5.74, 6) is 1.39. The van der Waals surface area contributed by atoms with Crippen LogP contribution in [0.25, 0.3) is 0 Å². The van der Waals surface area contributed by atoms with Crippen LogP contribution in [0.4, 0.5) is 10.5 Å². The lowest BCUT2D eigenvalue weighted by Gasteiger charge is -2.31. The number of methoxy groups -OCH3 is 1. The van der Waals surface area contributed by atoms with Crippen LogP contribution in [0.2, 0.25) is 0 Å². The van der Waals surface area contributed by atoms with Crippen LogP contribution in [-0.2, 0) is 4.74 Å². The molecular weight excluding hydrogens is 330 g/mol. The Morgan fingerprint density at radius 3 is 2.58 bits per heavy atom. The standard InChI is InChI=1S/C20H33N3O3/c1-3-4-14-26-19-7-5-18(6-8-19)22-20(24)21-16-17-9-11-23(12-10-17)13-15-25-2/h5-8,17H,3-4,9-16H2,1-2H3,(H2,21,22,24). The predicted octanol–water partition coefficient (Wildman–Crippen LogP) is 3.35. The first-order chi connectivity index (χ1) is 12.7. The number of piperidine rings is 1. The summed E-state index contributed by atoms with van der Waals surface area (Å²) in [7, 11) is 1.74. The summed E-state index contributed by atoms with van der Waals surface area (Å²) in [6.45, 7) is 7.53. The molecule has 1 fully saturated rings. The molecule has 0 radical (unpaired) electrons. The van der Waals surface area contributed by atoms with Crippen LogP contribution in [0.15, 0.2) is 24.3 Å². The Morgan fingerprint density at radius 2 is 1.92 bits per heavy atom. The first-order valence-corrected chi connectivity index (χ1v) is 9.70. The maximum absolute atomic E-state index is 12.1. The molecule has 2 amide bonds. The predicted molar refractivity (Wildman–Crippen MR) is 105 cm³/mol. The summed E-state index contributed by atoms with van der Waals surface area (Å²) in [6, 6.07) is 7.37. The van der Waals surface area contributed by atoms with Crippen molar-refractivity contribution in [1.29, 1.82) is 0 Å². The maximum Gasteiger partial charge on any atom is 0.319 e. The molecule has 1 aromatic rings. The van der Waals surface area contributed by atoms with Gasteiger partial charge in [-0.05, 0) is 62.5 Å². The lowest BCUT2D eigenvalue weighted by molar-refractivity contribution is 0.120. The van der Waals surface area contributed by atoms with Crippen LogP contribution in [0.5, 0.6) is 5.75 Å². The minimum Gasteiger partial charge on any atom is -0.494 e. The second kappa shape index (κ2) is 11.8. The number of hydrogen-bond acceptors (Lipinski definition) is 4. The van der Waals surface area contributed by atoms with E-state index in [1.165, 1.54) is 0 Å². The highest BCUT2D eigenvalue weighted by molar-refractivity contribution is 5.89. The van der Waals surface area contributed by atoms with E-state index in [4.69, 9.17) is 9.47 Å². The molecule has 146 valence electrons. The second-order valence-electron chi connectivity index (χ2n) is 6.84. The van der Waals surface area contributed by atoms with E-state index in [9.17, 15) is 4.79 Å². The molecule has 0 saturated carbocycles. The molecule has 0 aromatic heterocycles. The number of unbranched alkanes of at least 4 members (excludes halogenated alkanes) is 1. The summed E-state index contributed by atoms with van der Waals surface area (Å²) in [4.78, 5) is 14.5. The molecule has 1 heterocycles. The van der Waals surface area contributed by atoms with E-state index in [-0.39, 0.29) is 6.03 Å². The number of carbonyl (C=O) groups excluding carboxylic acids is 1. The Morgan fingerprint density at radius 1 is 1.19 bits per heavy atom. The van der Waals surface area contributed by atoms with Gasteiger partial charge in [0.05, 0.1) is 13.2 Å². The maximum atomic E-state index is 12.1. The van der Waals surface area contributed by atoms with Crippen molar-refractivity contribution in [3.8, 4) is 5.75 Å². The highest BCUT2D eigenvalue weighted by Gasteiger charge is 2.19. The van der Waals surface area contributed by atoms with Crippen molar-refractivity contribution < 1.29 is 14.3 Å². The minimum absolute atomic E-state index is 0.147. The van der Waals surface area contributed by atoms with Gasteiger partial charge in [-0.2, -0.15) is 0 Å². The van der Waals surface area contributed by atoms with Crippen molar-refractivity contribution in [2.75, 3.05) is 51.8 Å². The molecule has 1 aromatic carbocycles. The number of urea groups is 1. The quantitative estimate of drug-likeness (QED) is 0.626. The Hall–Kier alpha value is -1.79. The molecule has 6 nitrogen and oxygen atoms in total. The van der Waals surface area contributed by atoms with Gasteiger partial charge in [0.15, 0.2) is 0 Å². The number of ether oxygens (including phenoxy) is 2. The van der Waals surface area contributed by atoms with E-state index in [1.54, 1.807) is 7.11 Å². The number of benzene rings is 1. The van der Waals surface area contributed by atoms with Crippen molar-refractivity contribution in [2.24, 2.45) is 5.92 Å². The molecule has 1 aliphatic heterocycles. The zero-order valence-corrected chi connectivity index (χ0v) is 16.1. The molecule has 26 heavy (non-hydrogen) atoms. The molecule has 2 rings (SSSR count). The van der Waals surface area contributed by atoms with Gasteiger partial charge in [0.1, 0.15) is 5.75 Å². The molecule has 0 atom stereocenters. The van der Waals surface area contributed by atoms with Gasteiger partial charge in [-0.15, -0.1) is 0 Å². The monoisotopic (exact) mass is 363 g/mol. The highest BCUT2D eigenvalue weighted by atomic mass is 16.5. The molecule has 0 spiro atoms. The lowest BCUT2D eigenvalue weighted by atomic mass is 9.97. The Kier molecular flexibility index (Phi) is 9.28. The number of rotatable bonds is 10. The van der Waals surface area contributed by atoms with Gasteiger partial charge >= 0.3 is 6.03 Å². The van der Waals surface area contributed by atoms with Crippen molar-refractivity contribution in [3.63, 3.8) is 0 Å². The molecule has 0 aliphatic carbocycles. The van der Waals surface area contributed by atoms with Crippen molar-refractivity contribution in [3.05, 3.63) is 24.3 Å². The fourth-order valence-corrected chi connectivity index (χ4v) is 3.02. The Labute approximate surface area is 157 Å². The van der Waals surface area contributed by atoms with Gasteiger partial charge in [-0.3, -0.25) is 0 Å². The molecule has 1 aliphatic rings. The van der Waals surface area contributed by atoms with Crippen LogP contribution in [0.1, 0.15) is 32.6 Å². The normalized spacial score (nSPS) is 15.6. The Bertz CT molecular complexity index is 514. The lowest BCUT2D eigenvalue weighted by Crippen LogP contribution is -2.40. The SMILES string of the molecule is CCCCOc1ccc(NC(=O)NCC2CCN(CCOC)CC2)cc1. The molecule has 2 N–H and O–H groups in total. The molecule has 6 heteroatoms. The smallest absolute Gasteiger partial charge is 0.319 e. The molecule has 0 bridgehead atoms. The van der Waals surface area contributed by atoms with Crippen LogP contribution >= 0.6 is 0 Å². The summed E-state index contributed by atoms with van der Waals surface area (Å²) in [5, 5.41) is 5.87. The molecular formula is C20H33N3O3. The van der Waals surface area contributed by atoms with Gasteiger partial charge in [0, 0.05) is 25.9 Å². The van der Waals surface area contributed by atoms with Crippen LogP contribution in [0, 0.1) is 5.92 Å². The number of nitrogens with zero attached hydrogens (tertiary/aromatic N) is 1. The summed E-state index contributed by atoms with van der Waals surface area (Å²) >= 11 is 0. The number of likely N-dealkylation sites (tertiary alicyclic amines) is 1. The van der Waals surface area contributed by atoms with Crippen molar-refractivity contribution in [2.45, 2.75) is 32.6 Å². The number of amides is 2. The number of hydrogen-bond donors (Lipinski definition) is 2. The minimum atomic E-state index is -0.147. The van der Waals surface area contributed by atoms with Crippen LogP contribution in [-0.4, -0.2) is 57.4 Å². The Balaban J connectivity index is 1.63. The molecule has 0 unspecified atom stereocenters. The number of anilines is 1. The largest absolute Gasteiger partial charge is 0.494 e. The topological polar surface area (TPSA) is 62.8 Å². The second-order valence-corrected chi connectivity index (χ2v) is 6.84. The van der Waals surface area contributed by atoms with E-state index in [0.29, 0.717) is 5.92 Å². The van der Waals surface area contributed by atoms with Gasteiger partial charge in [0.25, 0.3) is 0 Å². The number of nitrogens with one attached hydrogen (secondary N) is 2.